The van der Waals surface area contributed by atoms with Crippen LogP contribution in [0.5, 0.6) is 0 Å². The van der Waals surface area contributed by atoms with Gasteiger partial charge in [-0.3, -0.25) is 0 Å². The van der Waals surface area contributed by atoms with Gasteiger partial charge in [0.25, 0.3) is 0 Å². The highest BCUT2D eigenvalue weighted by molar-refractivity contribution is 7.21. The molecule has 232 valence electrons. The molecule has 3 heteroatoms. The number of nitrogens with zero attached hydrogens (tertiary/aromatic N) is 1. The van der Waals surface area contributed by atoms with Crippen LogP contribution in [0.1, 0.15) is 0 Å². The molecule has 11 aromatic rings. The standard InChI is InChI=1S/C47H27NOS/c1-2-10-29(11-3-1)47-48-46-42(50-47)25-22-28-18-19-30-26-31(20-23-33(30)45(28)46)43-35-13-4-6-15-37(35)44(38-16-7-5-14-36(38)43)32-21-24-41-39(27-32)34-12-8-9-17-40(34)49-41/h1-27H. The molecular formula is C47H27NOS. The Labute approximate surface area is 291 Å². The Kier molecular flexibility index (Phi) is 5.86. The molecule has 0 saturated carbocycles. The van der Waals surface area contributed by atoms with E-state index in [4.69, 9.17) is 9.40 Å². The van der Waals surface area contributed by atoms with Crippen molar-refractivity contribution < 1.29 is 4.42 Å². The second kappa shape index (κ2) is 10.6. The number of aromatic nitrogens is 1. The monoisotopic (exact) mass is 653 g/mol. The summed E-state index contributed by atoms with van der Waals surface area (Å²) in [6.45, 7) is 0. The molecule has 2 nitrogen and oxygen atoms in total. The van der Waals surface area contributed by atoms with Crippen molar-refractivity contribution in [2.24, 2.45) is 0 Å². The topological polar surface area (TPSA) is 26.0 Å². The summed E-state index contributed by atoms with van der Waals surface area (Å²) in [7, 11) is 0. The Balaban J connectivity index is 1.15. The first-order valence-corrected chi connectivity index (χ1v) is 17.8. The van der Waals surface area contributed by atoms with Gasteiger partial charge >= 0.3 is 0 Å². The Bertz CT molecular complexity index is 3090. The van der Waals surface area contributed by atoms with Gasteiger partial charge in [-0.25, -0.2) is 4.98 Å². The first kappa shape index (κ1) is 27.6. The van der Waals surface area contributed by atoms with Crippen molar-refractivity contribution in [2.45, 2.75) is 0 Å². The molecule has 0 spiro atoms. The fourth-order valence-electron chi connectivity index (χ4n) is 8.03. The first-order valence-electron chi connectivity index (χ1n) is 17.0. The van der Waals surface area contributed by atoms with Gasteiger partial charge in [0.1, 0.15) is 16.2 Å². The Morgan fingerprint density at radius 3 is 1.72 bits per heavy atom. The highest BCUT2D eigenvalue weighted by atomic mass is 32.1. The number of rotatable bonds is 3. The fourth-order valence-corrected chi connectivity index (χ4v) is 9.01. The molecule has 0 bridgehead atoms. The van der Waals surface area contributed by atoms with Crippen LogP contribution in [0.25, 0.3) is 108 Å². The number of para-hydroxylation sites is 1. The molecule has 0 atom stereocenters. The van der Waals surface area contributed by atoms with E-state index in [1.165, 1.54) is 70.0 Å². The summed E-state index contributed by atoms with van der Waals surface area (Å²) in [4.78, 5) is 5.21. The Hall–Kier alpha value is -6.29. The van der Waals surface area contributed by atoms with E-state index in [9.17, 15) is 0 Å². The third-order valence-electron chi connectivity index (χ3n) is 10.3. The molecule has 9 aromatic carbocycles. The van der Waals surface area contributed by atoms with Crippen LogP contribution in [0.3, 0.4) is 0 Å². The summed E-state index contributed by atoms with van der Waals surface area (Å²) in [5, 5.41) is 13.2. The number of thiazole rings is 1. The van der Waals surface area contributed by atoms with Crippen LogP contribution in [0, 0.1) is 0 Å². The summed E-state index contributed by atoms with van der Waals surface area (Å²) in [6, 6.07) is 59.1. The maximum atomic E-state index is 6.20. The summed E-state index contributed by atoms with van der Waals surface area (Å²) in [6.07, 6.45) is 0. The first-order chi connectivity index (χ1) is 24.8. The van der Waals surface area contributed by atoms with Crippen molar-refractivity contribution in [3.63, 3.8) is 0 Å². The van der Waals surface area contributed by atoms with Gasteiger partial charge < -0.3 is 4.42 Å². The normalized spacial score (nSPS) is 12.0. The quantitative estimate of drug-likeness (QED) is 0.140. The zero-order valence-electron chi connectivity index (χ0n) is 26.9. The largest absolute Gasteiger partial charge is 0.456 e. The molecule has 2 heterocycles. The van der Waals surface area contributed by atoms with Crippen LogP contribution in [0.2, 0.25) is 0 Å². The molecule has 0 aliphatic carbocycles. The number of benzene rings is 9. The molecular weight excluding hydrogens is 627 g/mol. The average Bonchev–Trinajstić information content (AvgIpc) is 3.79. The van der Waals surface area contributed by atoms with Crippen LogP contribution in [0.15, 0.2) is 168 Å². The minimum absolute atomic E-state index is 0.912. The molecule has 0 amide bonds. The fraction of sp³-hybridized carbons (Fsp3) is 0. The molecule has 0 fully saturated rings. The molecule has 0 saturated heterocycles. The Morgan fingerprint density at radius 2 is 0.980 bits per heavy atom. The maximum Gasteiger partial charge on any atom is 0.135 e. The average molecular weight is 654 g/mol. The van der Waals surface area contributed by atoms with Crippen LogP contribution in [-0.2, 0) is 0 Å². The van der Waals surface area contributed by atoms with Crippen LogP contribution in [-0.4, -0.2) is 4.98 Å². The number of hydrogen-bond donors (Lipinski definition) is 0. The predicted octanol–water partition coefficient (Wildman–Crippen LogP) is 13.8. The van der Waals surface area contributed by atoms with Gasteiger partial charge in [-0.05, 0) is 90.3 Å². The van der Waals surface area contributed by atoms with E-state index in [1.54, 1.807) is 11.3 Å². The maximum absolute atomic E-state index is 6.20. The second-order valence-electron chi connectivity index (χ2n) is 13.0. The summed E-state index contributed by atoms with van der Waals surface area (Å²) < 4.78 is 7.41. The third kappa shape index (κ3) is 4.05. The van der Waals surface area contributed by atoms with E-state index in [0.717, 1.165) is 38.0 Å². The lowest BCUT2D eigenvalue weighted by atomic mass is 9.85. The lowest BCUT2D eigenvalue weighted by molar-refractivity contribution is 0.669. The zero-order chi connectivity index (χ0) is 32.8. The Morgan fingerprint density at radius 1 is 0.400 bits per heavy atom. The van der Waals surface area contributed by atoms with Crippen molar-refractivity contribution >= 4 is 86.6 Å². The lowest BCUT2D eigenvalue weighted by Gasteiger charge is -2.18. The minimum atomic E-state index is 0.912. The van der Waals surface area contributed by atoms with Crippen LogP contribution in [0.4, 0.5) is 0 Å². The van der Waals surface area contributed by atoms with Crippen molar-refractivity contribution in [1.82, 2.24) is 4.98 Å². The zero-order valence-corrected chi connectivity index (χ0v) is 27.7. The van der Waals surface area contributed by atoms with E-state index >= 15 is 0 Å². The van der Waals surface area contributed by atoms with Gasteiger partial charge in [0.05, 0.1) is 10.2 Å². The number of fused-ring (bicyclic) bond motifs is 10. The molecule has 2 aromatic heterocycles. The number of furan rings is 1. The minimum Gasteiger partial charge on any atom is -0.456 e. The smallest absolute Gasteiger partial charge is 0.135 e. The van der Waals surface area contributed by atoms with Crippen molar-refractivity contribution in [3.8, 4) is 32.8 Å². The van der Waals surface area contributed by atoms with Crippen LogP contribution < -0.4 is 0 Å². The van der Waals surface area contributed by atoms with E-state index in [1.807, 2.05) is 12.1 Å². The summed E-state index contributed by atoms with van der Waals surface area (Å²) >= 11 is 1.76. The van der Waals surface area contributed by atoms with Gasteiger partial charge in [0, 0.05) is 21.7 Å². The third-order valence-corrected chi connectivity index (χ3v) is 11.3. The predicted molar refractivity (Wildman–Crippen MR) is 213 cm³/mol. The highest BCUT2D eigenvalue weighted by Crippen LogP contribution is 2.46. The molecule has 50 heavy (non-hydrogen) atoms. The summed E-state index contributed by atoms with van der Waals surface area (Å²) in [5.41, 5.74) is 8.97. The molecule has 0 unspecified atom stereocenters. The second-order valence-corrected chi connectivity index (χ2v) is 14.1. The molecule has 0 N–H and O–H groups in total. The van der Waals surface area contributed by atoms with Gasteiger partial charge in [-0.1, -0.05) is 133 Å². The molecule has 0 aliphatic rings. The van der Waals surface area contributed by atoms with Gasteiger partial charge in [-0.15, -0.1) is 11.3 Å². The van der Waals surface area contributed by atoms with Crippen molar-refractivity contribution in [3.05, 3.63) is 164 Å². The molecule has 11 rings (SSSR count). The van der Waals surface area contributed by atoms with Crippen molar-refractivity contribution in [1.29, 1.82) is 0 Å². The van der Waals surface area contributed by atoms with Crippen LogP contribution >= 0.6 is 11.3 Å². The molecule has 0 aliphatic heterocycles. The van der Waals surface area contributed by atoms with Gasteiger partial charge in [0.2, 0.25) is 0 Å². The molecule has 0 radical (unpaired) electrons. The lowest BCUT2D eigenvalue weighted by Crippen LogP contribution is -1.91. The van der Waals surface area contributed by atoms with Gasteiger partial charge in [0.15, 0.2) is 0 Å². The van der Waals surface area contributed by atoms with E-state index in [-0.39, 0.29) is 0 Å². The SMILES string of the molecule is c1ccc(-c2nc3c(ccc4ccc5cc(-c6c7ccccc7c(-c7ccc8oc9ccccc9c8c7)c7ccccc67)ccc5c43)s2)cc1. The summed E-state index contributed by atoms with van der Waals surface area (Å²) in [5.74, 6) is 0. The van der Waals surface area contributed by atoms with E-state index in [0.29, 0.717) is 0 Å². The van der Waals surface area contributed by atoms with Gasteiger partial charge in [-0.2, -0.15) is 0 Å². The van der Waals surface area contributed by atoms with Crippen molar-refractivity contribution in [2.75, 3.05) is 0 Å². The van der Waals surface area contributed by atoms with E-state index < -0.39 is 0 Å². The number of hydrogen-bond acceptors (Lipinski definition) is 3. The highest BCUT2D eigenvalue weighted by Gasteiger charge is 2.19. The van der Waals surface area contributed by atoms with E-state index in [2.05, 4.69) is 152 Å².